The molecule has 5 heteroatoms. The van der Waals surface area contributed by atoms with Crippen LogP contribution >= 0.6 is 11.6 Å². The third kappa shape index (κ3) is 4.49. The molecule has 0 radical (unpaired) electrons. The van der Waals surface area contributed by atoms with Crippen molar-refractivity contribution in [2.45, 2.75) is 25.7 Å². The molecule has 2 nitrogen and oxygen atoms in total. The normalized spacial score (nSPS) is 13.6. The number of hydrogen-bond acceptors (Lipinski definition) is 2. The Hall–Kier alpha value is -0.380. The Morgan fingerprint density at radius 3 is 2.33 bits per heavy atom. The van der Waals surface area contributed by atoms with Crippen molar-refractivity contribution in [3.63, 3.8) is 0 Å². The van der Waals surface area contributed by atoms with E-state index in [2.05, 4.69) is 4.74 Å². The standard InChI is InChI=1S/C7H11ClF2O2/c1-4(2)3-12-7(11)5(8)6(9)10/h4-6H,3H2,1-2H3. The van der Waals surface area contributed by atoms with Gasteiger partial charge in [-0.05, 0) is 5.92 Å². The van der Waals surface area contributed by atoms with Gasteiger partial charge in [-0.1, -0.05) is 13.8 Å². The minimum absolute atomic E-state index is 0.120. The van der Waals surface area contributed by atoms with E-state index in [9.17, 15) is 13.6 Å². The fourth-order valence-corrected chi connectivity index (χ4v) is 0.494. The third-order valence-corrected chi connectivity index (χ3v) is 1.37. The molecule has 0 aromatic heterocycles. The molecular formula is C7H11ClF2O2. The largest absolute Gasteiger partial charge is 0.464 e. The summed E-state index contributed by atoms with van der Waals surface area (Å²) in [5.74, 6) is -0.934. The molecule has 12 heavy (non-hydrogen) atoms. The minimum atomic E-state index is -2.87. The highest BCUT2D eigenvalue weighted by atomic mass is 35.5. The second-order valence-electron chi connectivity index (χ2n) is 2.76. The van der Waals surface area contributed by atoms with E-state index < -0.39 is 17.8 Å². The predicted molar refractivity (Wildman–Crippen MR) is 41.4 cm³/mol. The van der Waals surface area contributed by atoms with Crippen LogP contribution in [0.3, 0.4) is 0 Å². The first kappa shape index (κ1) is 11.6. The molecule has 1 atom stereocenters. The quantitative estimate of drug-likeness (QED) is 0.513. The van der Waals surface area contributed by atoms with Crippen molar-refractivity contribution in [3.05, 3.63) is 0 Å². The van der Waals surface area contributed by atoms with E-state index in [-0.39, 0.29) is 12.5 Å². The SMILES string of the molecule is CC(C)COC(=O)C(Cl)C(F)F. The summed E-state index contributed by atoms with van der Waals surface area (Å²) >= 11 is 5.03. The van der Waals surface area contributed by atoms with Crippen LogP contribution in [-0.2, 0) is 9.53 Å². The fraction of sp³-hybridized carbons (Fsp3) is 0.857. The summed E-state index contributed by atoms with van der Waals surface area (Å²) in [6.07, 6.45) is -2.87. The molecular weight excluding hydrogens is 190 g/mol. The first-order valence-corrected chi connectivity index (χ1v) is 3.97. The summed E-state index contributed by atoms with van der Waals surface area (Å²) in [7, 11) is 0. The number of esters is 1. The molecule has 0 aliphatic heterocycles. The van der Waals surface area contributed by atoms with E-state index >= 15 is 0 Å². The fourth-order valence-electron chi connectivity index (χ4n) is 0.431. The highest BCUT2D eigenvalue weighted by molar-refractivity contribution is 6.30. The molecule has 0 fully saturated rings. The third-order valence-electron chi connectivity index (χ3n) is 1.01. The van der Waals surface area contributed by atoms with Crippen LogP contribution in [0.4, 0.5) is 8.78 Å². The second-order valence-corrected chi connectivity index (χ2v) is 3.23. The average Bonchev–Trinajstić information content (AvgIpc) is 1.98. The van der Waals surface area contributed by atoms with Crippen LogP contribution in [0.1, 0.15) is 13.8 Å². The summed E-state index contributed by atoms with van der Waals surface area (Å²) < 4.78 is 28.0. The van der Waals surface area contributed by atoms with Crippen molar-refractivity contribution in [2.75, 3.05) is 6.61 Å². The van der Waals surface area contributed by atoms with Crippen molar-refractivity contribution >= 4 is 17.6 Å². The van der Waals surface area contributed by atoms with Crippen molar-refractivity contribution in [1.29, 1.82) is 0 Å². The molecule has 0 bridgehead atoms. The zero-order valence-corrected chi connectivity index (χ0v) is 7.65. The van der Waals surface area contributed by atoms with Gasteiger partial charge in [0, 0.05) is 0 Å². The van der Waals surface area contributed by atoms with Gasteiger partial charge < -0.3 is 4.74 Å². The lowest BCUT2D eigenvalue weighted by molar-refractivity contribution is -0.147. The van der Waals surface area contributed by atoms with Crippen LogP contribution in [0.15, 0.2) is 0 Å². The van der Waals surface area contributed by atoms with E-state index in [4.69, 9.17) is 11.6 Å². The van der Waals surface area contributed by atoms with Crippen LogP contribution in [-0.4, -0.2) is 24.4 Å². The number of hydrogen-bond donors (Lipinski definition) is 0. The Bertz CT molecular complexity index is 150. The summed E-state index contributed by atoms with van der Waals surface area (Å²) in [5, 5.41) is -1.84. The van der Waals surface area contributed by atoms with Gasteiger partial charge in [0.1, 0.15) is 0 Å². The number of alkyl halides is 3. The minimum Gasteiger partial charge on any atom is -0.464 e. The highest BCUT2D eigenvalue weighted by Gasteiger charge is 2.27. The zero-order chi connectivity index (χ0) is 9.72. The number of carbonyl (C=O) groups excluding carboxylic acids is 1. The Kier molecular flexibility index (Phi) is 5.13. The van der Waals surface area contributed by atoms with Gasteiger partial charge in [0.25, 0.3) is 6.43 Å². The molecule has 72 valence electrons. The maximum Gasteiger partial charge on any atom is 0.330 e. The molecule has 0 aliphatic carbocycles. The van der Waals surface area contributed by atoms with Gasteiger partial charge in [0.05, 0.1) is 6.61 Å². The number of carbonyl (C=O) groups is 1. The van der Waals surface area contributed by atoms with Crippen LogP contribution in [0, 0.1) is 5.92 Å². The highest BCUT2D eigenvalue weighted by Crippen LogP contribution is 2.10. The Morgan fingerprint density at radius 1 is 1.50 bits per heavy atom. The molecule has 0 rings (SSSR count). The van der Waals surface area contributed by atoms with Gasteiger partial charge >= 0.3 is 5.97 Å². The molecule has 0 saturated heterocycles. The molecule has 0 amide bonds. The lowest BCUT2D eigenvalue weighted by Gasteiger charge is -2.10. The van der Waals surface area contributed by atoms with E-state index in [0.29, 0.717) is 0 Å². The molecule has 0 saturated carbocycles. The summed E-state index contributed by atoms with van der Waals surface area (Å²) in [4.78, 5) is 10.7. The van der Waals surface area contributed by atoms with Crippen molar-refractivity contribution in [3.8, 4) is 0 Å². The Labute approximate surface area is 74.8 Å². The maximum atomic E-state index is 11.8. The molecule has 0 spiro atoms. The smallest absolute Gasteiger partial charge is 0.330 e. The monoisotopic (exact) mass is 200 g/mol. The molecule has 1 unspecified atom stereocenters. The molecule has 0 N–H and O–H groups in total. The van der Waals surface area contributed by atoms with E-state index in [0.717, 1.165) is 0 Å². The van der Waals surface area contributed by atoms with Crippen molar-refractivity contribution in [2.24, 2.45) is 5.92 Å². The summed E-state index contributed by atoms with van der Waals surface area (Å²) in [6, 6.07) is 0. The van der Waals surface area contributed by atoms with Gasteiger partial charge in [0.2, 0.25) is 0 Å². The zero-order valence-electron chi connectivity index (χ0n) is 6.89. The van der Waals surface area contributed by atoms with Gasteiger partial charge in [0.15, 0.2) is 5.38 Å². The topological polar surface area (TPSA) is 26.3 Å². The average molecular weight is 201 g/mol. The van der Waals surface area contributed by atoms with Crippen LogP contribution < -0.4 is 0 Å². The molecule has 0 heterocycles. The van der Waals surface area contributed by atoms with Gasteiger partial charge in [-0.2, -0.15) is 0 Å². The van der Waals surface area contributed by atoms with Gasteiger partial charge in [-0.25, -0.2) is 8.78 Å². The number of rotatable bonds is 4. The summed E-state index contributed by atoms with van der Waals surface area (Å²) in [5.41, 5.74) is 0. The van der Waals surface area contributed by atoms with Crippen LogP contribution in [0.2, 0.25) is 0 Å². The molecule has 0 aromatic rings. The Morgan fingerprint density at radius 2 is 2.00 bits per heavy atom. The lowest BCUT2D eigenvalue weighted by Crippen LogP contribution is -2.26. The van der Waals surface area contributed by atoms with Crippen LogP contribution in [0.25, 0.3) is 0 Å². The summed E-state index contributed by atoms with van der Waals surface area (Å²) in [6.45, 7) is 3.73. The lowest BCUT2D eigenvalue weighted by atomic mass is 10.2. The van der Waals surface area contributed by atoms with Crippen LogP contribution in [0.5, 0.6) is 0 Å². The van der Waals surface area contributed by atoms with Gasteiger partial charge in [-0.3, -0.25) is 4.79 Å². The molecule has 0 aliphatic rings. The van der Waals surface area contributed by atoms with Crippen molar-refractivity contribution in [1.82, 2.24) is 0 Å². The maximum absolute atomic E-state index is 11.8. The number of ether oxygens (including phenoxy) is 1. The van der Waals surface area contributed by atoms with E-state index in [1.165, 1.54) is 0 Å². The predicted octanol–water partition coefficient (Wildman–Crippen LogP) is 2.06. The number of halogens is 3. The van der Waals surface area contributed by atoms with Crippen molar-refractivity contribution < 1.29 is 18.3 Å². The van der Waals surface area contributed by atoms with E-state index in [1.54, 1.807) is 13.8 Å². The van der Waals surface area contributed by atoms with Gasteiger partial charge in [-0.15, -0.1) is 11.6 Å². The first-order valence-electron chi connectivity index (χ1n) is 3.54. The Balaban J connectivity index is 3.72. The molecule has 0 aromatic carbocycles. The second kappa shape index (κ2) is 5.30. The first-order chi connectivity index (χ1) is 5.45. The van der Waals surface area contributed by atoms with E-state index in [1.807, 2.05) is 0 Å².